The fraction of sp³-hybridized carbons (Fsp3) is 0.400. The molecule has 0 atom stereocenters. The summed E-state index contributed by atoms with van der Waals surface area (Å²) in [5, 5.41) is 7.99. The van der Waals surface area contributed by atoms with Gasteiger partial charge in [-0.3, -0.25) is 6.08 Å². The van der Waals surface area contributed by atoms with Crippen molar-refractivity contribution in [1.82, 2.24) is 0 Å². The van der Waals surface area contributed by atoms with Gasteiger partial charge in [0, 0.05) is 32.7 Å². The average Bonchev–Trinajstić information content (AvgIpc) is 1.65. The van der Waals surface area contributed by atoms with E-state index in [9.17, 15) is 0 Å². The normalized spacial score (nSPS) is 9.00. The van der Waals surface area contributed by atoms with E-state index in [1.54, 1.807) is 13.8 Å². The van der Waals surface area contributed by atoms with Gasteiger partial charge < -0.3 is 5.26 Å². The maximum absolute atomic E-state index is 7.99. The van der Waals surface area contributed by atoms with Crippen LogP contribution in [0.3, 0.4) is 0 Å². The van der Waals surface area contributed by atoms with Gasteiger partial charge in [-0.2, -0.15) is 5.57 Å². The number of hydrogen-bond acceptors (Lipinski definition) is 1. The first-order chi connectivity index (χ1) is 2.81. The molecule has 0 aliphatic carbocycles. The van der Waals surface area contributed by atoms with Gasteiger partial charge in [0.25, 0.3) is 0 Å². The van der Waals surface area contributed by atoms with Gasteiger partial charge in [0.2, 0.25) is 0 Å². The minimum absolute atomic E-state index is 0. The molecule has 1 nitrogen and oxygen atoms in total. The van der Waals surface area contributed by atoms with Crippen molar-refractivity contribution < 1.29 is 32.7 Å². The van der Waals surface area contributed by atoms with Crippen LogP contribution in [0.25, 0.3) is 0 Å². The Morgan fingerprint density at radius 1 is 1.71 bits per heavy atom. The smallest absolute Gasteiger partial charge is 0 e. The molecule has 7 heavy (non-hydrogen) atoms. The molecule has 0 fully saturated rings. The summed E-state index contributed by atoms with van der Waals surface area (Å²) in [6, 6.07) is 1.92. The maximum Gasteiger partial charge on any atom is 0 e. The van der Waals surface area contributed by atoms with Crippen LogP contribution in [0.15, 0.2) is 5.57 Å². The molecule has 0 aromatic heterocycles. The Kier molecular flexibility index (Phi) is 9.36. The van der Waals surface area contributed by atoms with E-state index in [2.05, 4.69) is 6.08 Å². The molecule has 0 N–H and O–H groups in total. The number of rotatable bonds is 0. The third-order valence-corrected chi connectivity index (χ3v) is 0.543. The Hall–Kier alpha value is 0.334. The summed E-state index contributed by atoms with van der Waals surface area (Å²) in [7, 11) is 0. The van der Waals surface area contributed by atoms with E-state index in [1.165, 1.54) is 0 Å². The van der Waals surface area contributed by atoms with Crippen LogP contribution in [-0.2, 0) is 32.7 Å². The number of nitriles is 1. The zero-order chi connectivity index (χ0) is 4.99. The van der Waals surface area contributed by atoms with Crippen LogP contribution in [0.1, 0.15) is 13.8 Å². The molecule has 0 unspecified atom stereocenters. The molecule has 0 amide bonds. The quantitative estimate of drug-likeness (QED) is 0.395. The van der Waals surface area contributed by atoms with Crippen LogP contribution in [0.5, 0.6) is 0 Å². The Balaban J connectivity index is 0. The Morgan fingerprint density at radius 3 is 2.14 bits per heavy atom. The fourth-order valence-electron chi connectivity index (χ4n) is 0.0559. The Labute approximate surface area is 69.3 Å². The SMILES string of the molecule is C[C-]=C(C)C#N.[Y]. The van der Waals surface area contributed by atoms with Gasteiger partial charge in [-0.1, -0.05) is 6.92 Å². The fourth-order valence-corrected chi connectivity index (χ4v) is 0.0559. The zero-order valence-corrected chi connectivity index (χ0v) is 7.36. The topological polar surface area (TPSA) is 23.8 Å². The van der Waals surface area contributed by atoms with Crippen LogP contribution in [0.4, 0.5) is 0 Å². The van der Waals surface area contributed by atoms with Crippen LogP contribution in [-0.4, -0.2) is 0 Å². The first-order valence-electron chi connectivity index (χ1n) is 1.72. The molecule has 0 heterocycles. The minimum atomic E-state index is 0. The third-order valence-electron chi connectivity index (χ3n) is 0.543. The molecule has 0 aliphatic rings. The second kappa shape index (κ2) is 6.33. The summed E-state index contributed by atoms with van der Waals surface area (Å²) in [6.07, 6.45) is 2.67. The third kappa shape index (κ3) is 6.33. The summed E-state index contributed by atoms with van der Waals surface area (Å²) in [5.74, 6) is 0. The van der Waals surface area contributed by atoms with Crippen molar-refractivity contribution in [2.75, 3.05) is 0 Å². The van der Waals surface area contributed by atoms with Gasteiger partial charge in [-0.25, -0.2) is 0 Å². The Morgan fingerprint density at radius 2 is 2.14 bits per heavy atom. The molecule has 0 saturated heterocycles. The monoisotopic (exact) mass is 169 g/mol. The first-order valence-corrected chi connectivity index (χ1v) is 1.72. The van der Waals surface area contributed by atoms with Crippen molar-refractivity contribution in [3.63, 3.8) is 0 Å². The van der Waals surface area contributed by atoms with E-state index in [0.717, 1.165) is 0 Å². The molecule has 0 saturated carbocycles. The average molecular weight is 169 g/mol. The van der Waals surface area contributed by atoms with Crippen LogP contribution < -0.4 is 0 Å². The summed E-state index contributed by atoms with van der Waals surface area (Å²) in [5.41, 5.74) is 0.648. The van der Waals surface area contributed by atoms with Crippen molar-refractivity contribution in [2.45, 2.75) is 13.8 Å². The molecule has 0 spiro atoms. The molecular weight excluding hydrogens is 163 g/mol. The molecule has 0 aliphatic heterocycles. The number of nitrogens with zero attached hydrogens (tertiary/aromatic N) is 1. The van der Waals surface area contributed by atoms with Crippen molar-refractivity contribution in [1.29, 1.82) is 5.26 Å². The Bertz CT molecular complexity index is 99.1. The summed E-state index contributed by atoms with van der Waals surface area (Å²) in [4.78, 5) is 0. The van der Waals surface area contributed by atoms with E-state index < -0.39 is 0 Å². The van der Waals surface area contributed by atoms with E-state index >= 15 is 0 Å². The molecule has 0 aromatic rings. The minimum Gasteiger partial charge on any atom is -0.329 e. The molecule has 1 radical (unpaired) electrons. The summed E-state index contributed by atoms with van der Waals surface area (Å²) < 4.78 is 0. The van der Waals surface area contributed by atoms with Gasteiger partial charge in [0.1, 0.15) is 0 Å². The summed E-state index contributed by atoms with van der Waals surface area (Å²) >= 11 is 0. The maximum atomic E-state index is 7.99. The number of hydrogen-bond donors (Lipinski definition) is 0. The molecule has 0 rings (SSSR count). The van der Waals surface area contributed by atoms with Gasteiger partial charge in [0.15, 0.2) is 0 Å². The standard InChI is InChI=1S/C5H6N.Y/c1-3-5(2)4-6;/h1-2H3;/q-1;. The van der Waals surface area contributed by atoms with E-state index in [1.807, 2.05) is 6.07 Å². The largest absolute Gasteiger partial charge is 0.329 e. The van der Waals surface area contributed by atoms with Crippen molar-refractivity contribution in [3.8, 4) is 6.07 Å². The molecule has 35 valence electrons. The van der Waals surface area contributed by atoms with Crippen molar-refractivity contribution in [2.24, 2.45) is 0 Å². The molecular formula is C5H6NY-. The van der Waals surface area contributed by atoms with Crippen molar-refractivity contribution in [3.05, 3.63) is 11.6 Å². The van der Waals surface area contributed by atoms with Gasteiger partial charge >= 0.3 is 0 Å². The molecule has 2 heteroatoms. The van der Waals surface area contributed by atoms with E-state index in [-0.39, 0.29) is 32.7 Å². The van der Waals surface area contributed by atoms with Crippen LogP contribution >= 0.6 is 0 Å². The van der Waals surface area contributed by atoms with Gasteiger partial charge in [-0.15, -0.1) is 13.0 Å². The van der Waals surface area contributed by atoms with Gasteiger partial charge in [-0.05, 0) is 0 Å². The van der Waals surface area contributed by atoms with Crippen molar-refractivity contribution >= 4 is 0 Å². The zero-order valence-electron chi connectivity index (χ0n) is 4.52. The van der Waals surface area contributed by atoms with Crippen LogP contribution in [0, 0.1) is 17.4 Å². The van der Waals surface area contributed by atoms with Gasteiger partial charge in [0.05, 0.1) is 0 Å². The van der Waals surface area contributed by atoms with E-state index in [4.69, 9.17) is 5.26 Å². The first kappa shape index (κ1) is 10.3. The molecule has 0 aromatic carbocycles. The second-order valence-corrected chi connectivity index (χ2v) is 0.987. The number of allylic oxidation sites excluding steroid dienone is 2. The second-order valence-electron chi connectivity index (χ2n) is 0.987. The predicted octanol–water partition coefficient (Wildman–Crippen LogP) is 1.28. The predicted molar refractivity (Wildman–Crippen MR) is 23.7 cm³/mol. The van der Waals surface area contributed by atoms with Crippen LogP contribution in [0.2, 0.25) is 0 Å². The molecule has 0 bridgehead atoms. The van der Waals surface area contributed by atoms with E-state index in [0.29, 0.717) is 5.57 Å². The summed E-state index contributed by atoms with van der Waals surface area (Å²) in [6.45, 7) is 3.44.